The van der Waals surface area contributed by atoms with Gasteiger partial charge in [0.15, 0.2) is 0 Å². The Balaban J connectivity index is 1.90. The van der Waals surface area contributed by atoms with Gasteiger partial charge in [-0.15, -0.1) is 0 Å². The minimum absolute atomic E-state index is 0.162. The molecule has 0 aliphatic rings. The zero-order valence-corrected chi connectivity index (χ0v) is 11.0. The Labute approximate surface area is 116 Å². The number of carbonyl (C=O) groups excluding carboxylic acids is 1. The van der Waals surface area contributed by atoms with Crippen molar-refractivity contribution in [3.63, 3.8) is 0 Å². The number of hydrogen-bond donors (Lipinski definition) is 1. The molecule has 0 atom stereocenters. The first kappa shape index (κ1) is 13.6. The van der Waals surface area contributed by atoms with E-state index in [1.165, 1.54) is 12.1 Å². The van der Waals surface area contributed by atoms with E-state index in [-0.39, 0.29) is 11.7 Å². The highest BCUT2D eigenvalue weighted by molar-refractivity contribution is 6.31. The fraction of sp³-hybridized carbons (Fsp3) is 0.133. The first-order valence-electron chi connectivity index (χ1n) is 5.94. The van der Waals surface area contributed by atoms with Crippen LogP contribution >= 0.6 is 11.6 Å². The summed E-state index contributed by atoms with van der Waals surface area (Å²) >= 11 is 6.01. The maximum absolute atomic E-state index is 13.0. The lowest BCUT2D eigenvalue weighted by atomic mass is 10.1. The molecule has 0 saturated carbocycles. The topological polar surface area (TPSA) is 29.1 Å². The van der Waals surface area contributed by atoms with Gasteiger partial charge in [0.1, 0.15) is 5.82 Å². The molecule has 0 bridgehead atoms. The van der Waals surface area contributed by atoms with Crippen LogP contribution in [-0.4, -0.2) is 5.91 Å². The van der Waals surface area contributed by atoms with Crippen molar-refractivity contribution in [1.82, 2.24) is 0 Å². The van der Waals surface area contributed by atoms with E-state index in [0.717, 1.165) is 5.56 Å². The number of amides is 1. The van der Waals surface area contributed by atoms with Crippen molar-refractivity contribution in [2.75, 3.05) is 5.32 Å². The van der Waals surface area contributed by atoms with Gasteiger partial charge in [-0.25, -0.2) is 4.39 Å². The monoisotopic (exact) mass is 277 g/mol. The van der Waals surface area contributed by atoms with Crippen molar-refractivity contribution < 1.29 is 9.18 Å². The molecule has 4 heteroatoms. The third kappa shape index (κ3) is 4.07. The SMILES string of the molecule is O=C(CCc1ccccc1Cl)Nc1cccc(F)c1. The quantitative estimate of drug-likeness (QED) is 0.897. The molecule has 2 aromatic carbocycles. The Morgan fingerprint density at radius 2 is 1.95 bits per heavy atom. The van der Waals surface area contributed by atoms with Crippen LogP contribution in [0.1, 0.15) is 12.0 Å². The molecule has 19 heavy (non-hydrogen) atoms. The van der Waals surface area contributed by atoms with Crippen molar-refractivity contribution in [2.24, 2.45) is 0 Å². The molecule has 1 amide bonds. The molecule has 0 saturated heterocycles. The molecule has 0 heterocycles. The van der Waals surface area contributed by atoms with Gasteiger partial charge >= 0.3 is 0 Å². The second-order valence-electron chi connectivity index (χ2n) is 4.15. The molecule has 0 aliphatic heterocycles. The maximum Gasteiger partial charge on any atom is 0.224 e. The van der Waals surface area contributed by atoms with Crippen LogP contribution in [0.2, 0.25) is 5.02 Å². The minimum Gasteiger partial charge on any atom is -0.326 e. The highest BCUT2D eigenvalue weighted by Gasteiger charge is 2.05. The molecule has 0 aromatic heterocycles. The summed E-state index contributed by atoms with van der Waals surface area (Å²) < 4.78 is 13.0. The first-order valence-corrected chi connectivity index (χ1v) is 6.32. The van der Waals surface area contributed by atoms with Gasteiger partial charge in [-0.05, 0) is 36.2 Å². The summed E-state index contributed by atoms with van der Waals surface area (Å²) in [7, 11) is 0. The second-order valence-corrected chi connectivity index (χ2v) is 4.56. The molecule has 0 unspecified atom stereocenters. The number of anilines is 1. The predicted molar refractivity (Wildman–Crippen MR) is 74.8 cm³/mol. The summed E-state index contributed by atoms with van der Waals surface area (Å²) in [5.41, 5.74) is 1.39. The Bertz CT molecular complexity index is 586. The van der Waals surface area contributed by atoms with Gasteiger partial charge in [0.05, 0.1) is 0 Å². The summed E-state index contributed by atoms with van der Waals surface area (Å²) in [4.78, 5) is 11.7. The average molecular weight is 278 g/mol. The molecule has 0 radical (unpaired) electrons. The maximum atomic E-state index is 13.0. The molecule has 0 spiro atoms. The highest BCUT2D eigenvalue weighted by Crippen LogP contribution is 2.17. The van der Waals surface area contributed by atoms with Crippen molar-refractivity contribution in [1.29, 1.82) is 0 Å². The fourth-order valence-corrected chi connectivity index (χ4v) is 1.97. The van der Waals surface area contributed by atoms with Crippen LogP contribution in [0, 0.1) is 5.82 Å². The van der Waals surface area contributed by atoms with E-state index < -0.39 is 0 Å². The summed E-state index contributed by atoms with van der Waals surface area (Å²) in [5.74, 6) is -0.533. The number of halogens is 2. The first-order chi connectivity index (χ1) is 9.15. The summed E-state index contributed by atoms with van der Waals surface area (Å²) in [5, 5.41) is 3.30. The van der Waals surface area contributed by atoms with Gasteiger partial charge in [-0.3, -0.25) is 4.79 Å². The van der Waals surface area contributed by atoms with Crippen LogP contribution in [0.5, 0.6) is 0 Å². The number of aryl methyl sites for hydroxylation is 1. The molecule has 2 rings (SSSR count). The summed E-state index contributed by atoms with van der Waals surface area (Å²) in [6, 6.07) is 13.2. The van der Waals surface area contributed by atoms with Gasteiger partial charge in [0, 0.05) is 17.1 Å². The molecule has 1 N–H and O–H groups in total. The third-order valence-electron chi connectivity index (χ3n) is 2.69. The van der Waals surface area contributed by atoms with E-state index in [9.17, 15) is 9.18 Å². The fourth-order valence-electron chi connectivity index (χ4n) is 1.74. The van der Waals surface area contributed by atoms with E-state index in [2.05, 4.69) is 5.32 Å². The number of rotatable bonds is 4. The van der Waals surface area contributed by atoms with Crippen LogP contribution < -0.4 is 5.32 Å². The predicted octanol–water partition coefficient (Wildman–Crippen LogP) is 4.05. The number of carbonyl (C=O) groups is 1. The number of nitrogens with one attached hydrogen (secondary N) is 1. The normalized spacial score (nSPS) is 10.2. The van der Waals surface area contributed by atoms with Crippen LogP contribution in [-0.2, 0) is 11.2 Å². The van der Waals surface area contributed by atoms with E-state index >= 15 is 0 Å². The van der Waals surface area contributed by atoms with Crippen LogP contribution in [0.25, 0.3) is 0 Å². The lowest BCUT2D eigenvalue weighted by Crippen LogP contribution is -2.12. The molecule has 0 aliphatic carbocycles. The van der Waals surface area contributed by atoms with Crippen molar-refractivity contribution in [2.45, 2.75) is 12.8 Å². The lowest BCUT2D eigenvalue weighted by molar-refractivity contribution is -0.116. The summed E-state index contributed by atoms with van der Waals surface area (Å²) in [6.07, 6.45) is 0.862. The van der Waals surface area contributed by atoms with Gasteiger partial charge in [0.2, 0.25) is 5.91 Å². The molecular formula is C15H13ClFNO. The minimum atomic E-state index is -0.371. The van der Waals surface area contributed by atoms with Crippen LogP contribution in [0.4, 0.5) is 10.1 Å². The average Bonchev–Trinajstić information content (AvgIpc) is 2.38. The Kier molecular flexibility index (Phi) is 4.53. The Morgan fingerprint density at radius 1 is 1.16 bits per heavy atom. The Morgan fingerprint density at radius 3 is 2.68 bits per heavy atom. The Hall–Kier alpha value is -1.87. The molecular weight excluding hydrogens is 265 g/mol. The van der Waals surface area contributed by atoms with Crippen molar-refractivity contribution in [3.05, 3.63) is 64.9 Å². The van der Waals surface area contributed by atoms with Crippen LogP contribution in [0.15, 0.2) is 48.5 Å². The zero-order chi connectivity index (χ0) is 13.7. The van der Waals surface area contributed by atoms with Crippen molar-refractivity contribution >= 4 is 23.2 Å². The molecule has 0 fully saturated rings. The van der Waals surface area contributed by atoms with E-state index in [1.807, 2.05) is 18.2 Å². The largest absolute Gasteiger partial charge is 0.326 e. The third-order valence-corrected chi connectivity index (χ3v) is 3.06. The van der Waals surface area contributed by atoms with Gasteiger partial charge < -0.3 is 5.32 Å². The van der Waals surface area contributed by atoms with E-state index in [1.54, 1.807) is 18.2 Å². The van der Waals surface area contributed by atoms with Gasteiger partial charge in [0.25, 0.3) is 0 Å². The molecule has 98 valence electrons. The van der Waals surface area contributed by atoms with Crippen LogP contribution in [0.3, 0.4) is 0 Å². The van der Waals surface area contributed by atoms with E-state index in [4.69, 9.17) is 11.6 Å². The van der Waals surface area contributed by atoms with E-state index in [0.29, 0.717) is 23.6 Å². The summed E-state index contributed by atoms with van der Waals surface area (Å²) in [6.45, 7) is 0. The number of benzene rings is 2. The number of hydrogen-bond acceptors (Lipinski definition) is 1. The van der Waals surface area contributed by atoms with Crippen molar-refractivity contribution in [3.8, 4) is 0 Å². The molecule has 2 nitrogen and oxygen atoms in total. The lowest BCUT2D eigenvalue weighted by Gasteiger charge is -2.06. The highest BCUT2D eigenvalue weighted by atomic mass is 35.5. The second kappa shape index (κ2) is 6.34. The zero-order valence-electron chi connectivity index (χ0n) is 10.2. The van der Waals surface area contributed by atoms with Gasteiger partial charge in [-0.2, -0.15) is 0 Å². The standard InChI is InChI=1S/C15H13ClFNO/c16-14-7-2-1-4-11(14)8-9-15(19)18-13-6-3-5-12(17)10-13/h1-7,10H,8-9H2,(H,18,19). The van der Waals surface area contributed by atoms with Gasteiger partial charge in [-0.1, -0.05) is 35.9 Å². The molecule has 2 aromatic rings. The smallest absolute Gasteiger partial charge is 0.224 e.